The van der Waals surface area contributed by atoms with Crippen LogP contribution in [0.3, 0.4) is 0 Å². The highest BCUT2D eigenvalue weighted by Gasteiger charge is 2.19. The maximum atomic E-state index is 12.3. The van der Waals surface area contributed by atoms with Gasteiger partial charge in [0.05, 0.1) is 14.2 Å². The van der Waals surface area contributed by atoms with Crippen LogP contribution in [0.15, 0.2) is 18.2 Å². The molecule has 34 heavy (non-hydrogen) atoms. The number of methoxy groups -OCH3 is 2. The summed E-state index contributed by atoms with van der Waals surface area (Å²) < 4.78 is 45.1. The van der Waals surface area contributed by atoms with Crippen LogP contribution in [0.5, 0.6) is 11.5 Å². The van der Waals surface area contributed by atoms with Gasteiger partial charge in [0.1, 0.15) is 11.9 Å². The SMILES string of the molecule is CCCCCCCCCCCCC(OC(=O)NCCCS(=O)(=O)[OH2+])c1ccc(OC)c(OC)c1. The van der Waals surface area contributed by atoms with E-state index in [0.29, 0.717) is 17.9 Å². The van der Waals surface area contributed by atoms with E-state index in [-0.39, 0.29) is 18.7 Å². The minimum Gasteiger partial charge on any atom is -0.493 e. The van der Waals surface area contributed by atoms with Crippen molar-refractivity contribution >= 4 is 16.2 Å². The molecular formula is C25H44NO7S+. The average molecular weight is 503 g/mol. The Morgan fingerprint density at radius 1 is 0.912 bits per heavy atom. The molecule has 1 rings (SSSR count). The zero-order valence-corrected chi connectivity index (χ0v) is 21.9. The summed E-state index contributed by atoms with van der Waals surface area (Å²) in [5.41, 5.74) is 0.817. The van der Waals surface area contributed by atoms with Crippen molar-refractivity contribution in [3.05, 3.63) is 23.8 Å². The van der Waals surface area contributed by atoms with Crippen LogP contribution in [0.4, 0.5) is 4.79 Å². The van der Waals surface area contributed by atoms with Crippen molar-refractivity contribution in [1.82, 2.24) is 5.32 Å². The monoisotopic (exact) mass is 502 g/mol. The molecule has 1 aromatic rings. The predicted molar refractivity (Wildman–Crippen MR) is 135 cm³/mol. The Morgan fingerprint density at radius 2 is 1.50 bits per heavy atom. The van der Waals surface area contributed by atoms with Crippen LogP contribution in [0.1, 0.15) is 95.6 Å². The van der Waals surface area contributed by atoms with Crippen LogP contribution in [-0.2, 0) is 14.9 Å². The molecule has 196 valence electrons. The number of nitrogens with one attached hydrogen (secondary N) is 1. The minimum absolute atomic E-state index is 0.133. The number of hydrogen-bond acceptors (Lipinski definition) is 6. The van der Waals surface area contributed by atoms with Crippen molar-refractivity contribution in [2.45, 2.75) is 90.1 Å². The van der Waals surface area contributed by atoms with Gasteiger partial charge in [-0.3, -0.25) is 0 Å². The summed E-state index contributed by atoms with van der Waals surface area (Å²) in [5.74, 6) is 0.869. The highest BCUT2D eigenvalue weighted by Crippen LogP contribution is 2.33. The van der Waals surface area contributed by atoms with E-state index < -0.39 is 22.3 Å². The second-order valence-electron chi connectivity index (χ2n) is 8.58. The standard InChI is InChI=1S/C25H43NO7S/c1-4-5-6-7-8-9-10-11-12-13-15-22(21-16-17-23(31-2)24(20-21)32-3)33-25(27)26-18-14-19-34(28,29)30/h16-17,20,22H,4-15,18-19H2,1-3H3,(H,26,27)(H,28,29,30)/p+1. The van der Waals surface area contributed by atoms with Crippen molar-refractivity contribution in [2.24, 2.45) is 0 Å². The van der Waals surface area contributed by atoms with Crippen LogP contribution in [0.25, 0.3) is 0 Å². The summed E-state index contributed by atoms with van der Waals surface area (Å²) in [6.07, 6.45) is 12.0. The Balaban J connectivity index is 2.57. The van der Waals surface area contributed by atoms with Gasteiger partial charge in [-0.15, -0.1) is 0 Å². The maximum Gasteiger partial charge on any atom is 0.407 e. The van der Waals surface area contributed by atoms with Gasteiger partial charge in [0.25, 0.3) is 0 Å². The molecule has 0 aliphatic rings. The van der Waals surface area contributed by atoms with Gasteiger partial charge in [0.15, 0.2) is 11.5 Å². The summed E-state index contributed by atoms with van der Waals surface area (Å²) >= 11 is 0. The fourth-order valence-corrected chi connectivity index (χ4v) is 4.31. The maximum absolute atomic E-state index is 12.3. The van der Waals surface area contributed by atoms with Crippen molar-refractivity contribution in [2.75, 3.05) is 26.5 Å². The van der Waals surface area contributed by atoms with Crippen molar-refractivity contribution in [3.63, 3.8) is 0 Å². The zero-order valence-electron chi connectivity index (χ0n) is 21.1. The normalized spacial score (nSPS) is 12.2. The molecule has 0 fully saturated rings. The molecule has 1 amide bonds. The van der Waals surface area contributed by atoms with Gasteiger partial charge in [-0.1, -0.05) is 70.8 Å². The Bertz CT molecular complexity index is 798. The number of hydrogen-bond donors (Lipinski definition) is 1. The van der Waals surface area contributed by atoms with Crippen LogP contribution in [-0.4, -0.2) is 45.6 Å². The third-order valence-corrected chi connectivity index (χ3v) is 6.53. The molecule has 0 aliphatic heterocycles. The first-order valence-corrected chi connectivity index (χ1v) is 14.1. The lowest BCUT2D eigenvalue weighted by Crippen LogP contribution is -2.28. The molecule has 1 atom stereocenters. The molecule has 0 bridgehead atoms. The van der Waals surface area contributed by atoms with Crippen LogP contribution >= 0.6 is 0 Å². The van der Waals surface area contributed by atoms with Crippen molar-refractivity contribution in [1.29, 1.82) is 0 Å². The Kier molecular flexibility index (Phi) is 15.4. The van der Waals surface area contributed by atoms with Crippen LogP contribution in [0.2, 0.25) is 0 Å². The second kappa shape index (κ2) is 17.4. The molecule has 0 spiro atoms. The number of alkyl carbamates (subject to hydrolysis) is 1. The Hall–Kier alpha value is -2.00. The number of amides is 1. The summed E-state index contributed by atoms with van der Waals surface area (Å²) in [7, 11) is -0.667. The van der Waals surface area contributed by atoms with Gasteiger partial charge in [0.2, 0.25) is 0 Å². The van der Waals surface area contributed by atoms with E-state index in [4.69, 9.17) is 18.8 Å². The topological polar surface area (TPSA) is 114 Å². The molecule has 1 aromatic carbocycles. The number of carbonyl (C=O) groups is 1. The summed E-state index contributed by atoms with van der Waals surface area (Å²) in [6, 6.07) is 5.47. The first-order chi connectivity index (χ1) is 16.3. The van der Waals surface area contributed by atoms with E-state index in [9.17, 15) is 13.2 Å². The van der Waals surface area contributed by atoms with Gasteiger partial charge in [-0.25, -0.2) is 4.79 Å². The van der Waals surface area contributed by atoms with Crippen molar-refractivity contribution < 1.29 is 32.0 Å². The largest absolute Gasteiger partial charge is 0.493 e. The first kappa shape index (κ1) is 30.0. The van der Waals surface area contributed by atoms with Crippen LogP contribution in [0, 0.1) is 0 Å². The second-order valence-corrected chi connectivity index (χ2v) is 10.2. The quantitative estimate of drug-likeness (QED) is 0.205. The van der Waals surface area contributed by atoms with Gasteiger partial charge >= 0.3 is 16.2 Å². The molecule has 9 heteroatoms. The third kappa shape index (κ3) is 13.6. The van der Waals surface area contributed by atoms with E-state index in [1.54, 1.807) is 20.3 Å². The number of ether oxygens (including phenoxy) is 3. The van der Waals surface area contributed by atoms with Crippen molar-refractivity contribution in [3.8, 4) is 11.5 Å². The highest BCUT2D eigenvalue weighted by atomic mass is 32.2. The van der Waals surface area contributed by atoms with Gasteiger partial charge < -0.3 is 24.1 Å². The lowest BCUT2D eigenvalue weighted by atomic mass is 10.0. The molecule has 0 saturated heterocycles. The van der Waals surface area contributed by atoms with Gasteiger partial charge in [-0.2, -0.15) is 8.42 Å². The van der Waals surface area contributed by atoms with Gasteiger partial charge in [0, 0.05) is 6.54 Å². The fraction of sp³-hybridized carbons (Fsp3) is 0.720. The summed E-state index contributed by atoms with van der Waals surface area (Å²) in [5, 5.41) is 2.58. The number of unbranched alkanes of at least 4 members (excludes halogenated alkanes) is 9. The highest BCUT2D eigenvalue weighted by molar-refractivity contribution is 7.85. The van der Waals surface area contributed by atoms with E-state index in [0.717, 1.165) is 18.4 Å². The molecule has 0 radical (unpaired) electrons. The van der Waals surface area contributed by atoms with E-state index in [1.165, 1.54) is 51.4 Å². The Labute approximate surface area is 205 Å². The van der Waals surface area contributed by atoms with Gasteiger partial charge in [-0.05, 0) is 37.0 Å². The molecule has 0 aromatic heterocycles. The summed E-state index contributed by atoms with van der Waals surface area (Å²) in [6.45, 7) is 2.36. The Morgan fingerprint density at radius 3 is 2.06 bits per heavy atom. The number of benzene rings is 1. The summed E-state index contributed by atoms with van der Waals surface area (Å²) in [4.78, 5) is 12.3. The average Bonchev–Trinajstić information content (AvgIpc) is 2.81. The molecule has 0 saturated carbocycles. The minimum atomic E-state index is -3.80. The molecule has 1 unspecified atom stereocenters. The molecular weight excluding hydrogens is 458 g/mol. The predicted octanol–water partition coefficient (Wildman–Crippen LogP) is 5.23. The van der Waals surface area contributed by atoms with E-state index >= 15 is 0 Å². The molecule has 8 nitrogen and oxygen atoms in total. The molecule has 0 heterocycles. The third-order valence-electron chi connectivity index (χ3n) is 5.71. The lowest BCUT2D eigenvalue weighted by Gasteiger charge is -2.20. The number of rotatable bonds is 19. The van der Waals surface area contributed by atoms with Crippen LogP contribution < -0.4 is 14.8 Å². The zero-order chi connectivity index (χ0) is 25.2. The molecule has 3 N–H and O–H groups in total. The number of carbonyl (C=O) groups excluding carboxylic acids is 1. The fourth-order valence-electron chi connectivity index (χ4n) is 3.79. The van der Waals surface area contributed by atoms with E-state index in [2.05, 4.69) is 12.2 Å². The first-order valence-electron chi connectivity index (χ1n) is 12.4. The lowest BCUT2D eigenvalue weighted by molar-refractivity contribution is 0.0906. The smallest absolute Gasteiger partial charge is 0.407 e. The van der Waals surface area contributed by atoms with E-state index in [1.807, 2.05) is 12.1 Å². The molecule has 0 aliphatic carbocycles.